The fourth-order valence-corrected chi connectivity index (χ4v) is 3.76. The van der Waals surface area contributed by atoms with Crippen LogP contribution in [0.2, 0.25) is 10.0 Å². The summed E-state index contributed by atoms with van der Waals surface area (Å²) in [6.45, 7) is 1.57. The number of amides is 2. The molecule has 1 atom stereocenters. The number of nitrogens with one attached hydrogen (secondary N) is 3. The van der Waals surface area contributed by atoms with Crippen LogP contribution >= 0.6 is 46.8 Å². The average Bonchev–Trinajstić information content (AvgIpc) is 3.25. The van der Waals surface area contributed by atoms with Gasteiger partial charge >= 0.3 is 0 Å². The van der Waals surface area contributed by atoms with Gasteiger partial charge in [0, 0.05) is 16.4 Å². The lowest BCUT2D eigenvalue weighted by Gasteiger charge is -2.17. The Hall–Kier alpha value is -2.65. The summed E-state index contributed by atoms with van der Waals surface area (Å²) in [6.07, 6.45) is -0.852. The van der Waals surface area contributed by atoms with Crippen LogP contribution in [0.25, 0.3) is 0 Å². The molecule has 3 aromatic rings. The van der Waals surface area contributed by atoms with Crippen LogP contribution in [0.4, 0.5) is 11.4 Å². The summed E-state index contributed by atoms with van der Waals surface area (Å²) in [5, 5.41) is 11.0. The molecular weight excluding hydrogens is 477 g/mol. The summed E-state index contributed by atoms with van der Waals surface area (Å²) < 4.78 is 5.57. The predicted octanol–water partition coefficient (Wildman–Crippen LogP) is 5.59. The van der Waals surface area contributed by atoms with E-state index < -0.39 is 12.0 Å². The van der Waals surface area contributed by atoms with Crippen LogP contribution in [0.5, 0.6) is 5.75 Å². The molecule has 0 aliphatic heterocycles. The van der Waals surface area contributed by atoms with Gasteiger partial charge in [0.25, 0.3) is 11.8 Å². The normalized spacial score (nSPS) is 11.3. The maximum atomic E-state index is 12.4. The van der Waals surface area contributed by atoms with Gasteiger partial charge in [-0.05, 0) is 67.0 Å². The van der Waals surface area contributed by atoms with E-state index in [4.69, 9.17) is 40.2 Å². The molecule has 0 aliphatic rings. The van der Waals surface area contributed by atoms with Crippen molar-refractivity contribution in [3.63, 3.8) is 0 Å². The zero-order valence-electron chi connectivity index (χ0n) is 16.1. The molecule has 0 spiro atoms. The maximum absolute atomic E-state index is 12.4. The zero-order chi connectivity index (χ0) is 22.4. The number of halogens is 2. The van der Waals surface area contributed by atoms with Crippen molar-refractivity contribution < 1.29 is 14.3 Å². The summed E-state index contributed by atoms with van der Waals surface area (Å²) in [5.41, 5.74) is 1.19. The minimum atomic E-state index is -0.852. The van der Waals surface area contributed by atoms with Crippen LogP contribution in [-0.2, 0) is 4.79 Å². The summed E-state index contributed by atoms with van der Waals surface area (Å²) in [4.78, 5) is 25.2. The van der Waals surface area contributed by atoms with Gasteiger partial charge < -0.3 is 15.4 Å². The second-order valence-corrected chi connectivity index (χ2v) is 8.49. The van der Waals surface area contributed by atoms with E-state index in [2.05, 4.69) is 16.0 Å². The highest BCUT2D eigenvalue weighted by Gasteiger charge is 2.17. The molecule has 1 aromatic heterocycles. The van der Waals surface area contributed by atoms with Crippen molar-refractivity contribution in [3.05, 3.63) is 74.9 Å². The smallest absolute Gasteiger partial charge is 0.266 e. The van der Waals surface area contributed by atoms with Gasteiger partial charge in [0.15, 0.2) is 11.2 Å². The van der Waals surface area contributed by atoms with Crippen molar-refractivity contribution in [2.24, 2.45) is 0 Å². The summed E-state index contributed by atoms with van der Waals surface area (Å²) in [6, 6.07) is 15.3. The SMILES string of the molecule is CC(Oc1ccc(Cl)cc1Cl)C(=O)NC(=S)Nc1cccc(NC(=O)c2cccs2)c1. The lowest BCUT2D eigenvalue weighted by atomic mass is 10.2. The number of carbonyl (C=O) groups is 2. The molecule has 0 aliphatic carbocycles. The number of ether oxygens (including phenoxy) is 1. The molecule has 0 saturated heterocycles. The average molecular weight is 494 g/mol. The lowest BCUT2D eigenvalue weighted by Crippen LogP contribution is -2.42. The number of benzene rings is 2. The van der Waals surface area contributed by atoms with Crippen molar-refractivity contribution in [2.45, 2.75) is 13.0 Å². The Morgan fingerprint density at radius 1 is 1.03 bits per heavy atom. The minimum absolute atomic E-state index is 0.0874. The van der Waals surface area contributed by atoms with Gasteiger partial charge in [0.05, 0.1) is 9.90 Å². The van der Waals surface area contributed by atoms with Crippen LogP contribution < -0.4 is 20.7 Å². The molecule has 0 bridgehead atoms. The van der Waals surface area contributed by atoms with Crippen molar-refractivity contribution in [3.8, 4) is 5.75 Å². The van der Waals surface area contributed by atoms with Crippen LogP contribution in [-0.4, -0.2) is 23.0 Å². The number of hydrogen-bond acceptors (Lipinski definition) is 5. The lowest BCUT2D eigenvalue weighted by molar-refractivity contribution is -0.125. The van der Waals surface area contributed by atoms with E-state index in [1.165, 1.54) is 17.4 Å². The van der Waals surface area contributed by atoms with E-state index in [1.54, 1.807) is 49.4 Å². The van der Waals surface area contributed by atoms with E-state index in [9.17, 15) is 9.59 Å². The van der Waals surface area contributed by atoms with Gasteiger partial charge in [0.1, 0.15) is 5.75 Å². The first-order valence-electron chi connectivity index (χ1n) is 9.00. The van der Waals surface area contributed by atoms with Gasteiger partial charge in [-0.1, -0.05) is 35.3 Å². The molecule has 0 fully saturated rings. The highest BCUT2D eigenvalue weighted by Crippen LogP contribution is 2.28. The Bertz CT molecular complexity index is 1110. The van der Waals surface area contributed by atoms with Crippen LogP contribution in [0.15, 0.2) is 60.0 Å². The quantitative estimate of drug-likeness (QED) is 0.390. The molecule has 2 amide bonds. The Morgan fingerprint density at radius 3 is 2.45 bits per heavy atom. The first-order valence-corrected chi connectivity index (χ1v) is 11.0. The predicted molar refractivity (Wildman–Crippen MR) is 130 cm³/mol. The number of thiophene rings is 1. The third-order valence-corrected chi connectivity index (χ3v) is 5.53. The molecule has 31 heavy (non-hydrogen) atoms. The minimum Gasteiger partial charge on any atom is -0.479 e. The largest absolute Gasteiger partial charge is 0.479 e. The zero-order valence-corrected chi connectivity index (χ0v) is 19.3. The topological polar surface area (TPSA) is 79.5 Å². The fourth-order valence-electron chi connectivity index (χ4n) is 2.47. The van der Waals surface area contributed by atoms with E-state index in [0.29, 0.717) is 32.0 Å². The fraction of sp³-hybridized carbons (Fsp3) is 0.0952. The number of carbonyl (C=O) groups excluding carboxylic acids is 2. The van der Waals surface area contributed by atoms with Gasteiger partial charge in [-0.2, -0.15) is 0 Å². The Kier molecular flexibility index (Phi) is 7.86. The Labute approximate surface area is 198 Å². The van der Waals surface area contributed by atoms with E-state index in [1.807, 2.05) is 11.4 Å². The van der Waals surface area contributed by atoms with Gasteiger partial charge in [0.2, 0.25) is 0 Å². The number of anilines is 2. The van der Waals surface area contributed by atoms with Gasteiger partial charge in [-0.15, -0.1) is 11.3 Å². The summed E-state index contributed by atoms with van der Waals surface area (Å²) in [5.74, 6) is -0.317. The highest BCUT2D eigenvalue weighted by atomic mass is 35.5. The molecule has 1 unspecified atom stereocenters. The van der Waals surface area contributed by atoms with E-state index in [0.717, 1.165) is 0 Å². The van der Waals surface area contributed by atoms with Crippen molar-refractivity contribution in [1.29, 1.82) is 0 Å². The van der Waals surface area contributed by atoms with Gasteiger partial charge in [-0.25, -0.2) is 0 Å². The first-order chi connectivity index (χ1) is 14.8. The highest BCUT2D eigenvalue weighted by molar-refractivity contribution is 7.80. The number of rotatable bonds is 6. The van der Waals surface area contributed by atoms with Crippen LogP contribution in [0, 0.1) is 0 Å². The van der Waals surface area contributed by atoms with E-state index in [-0.39, 0.29) is 11.0 Å². The standard InChI is InChI=1S/C21H17Cl2N3O3S2/c1-12(29-17-8-7-13(22)10-16(17)23)19(27)26-21(30)25-15-5-2-4-14(11-15)24-20(28)18-6-3-9-31-18/h2-12H,1H3,(H,24,28)(H2,25,26,27,30). The third-order valence-electron chi connectivity index (χ3n) is 3.93. The second kappa shape index (κ2) is 10.6. The van der Waals surface area contributed by atoms with Crippen molar-refractivity contribution in [1.82, 2.24) is 5.32 Å². The molecule has 1 heterocycles. The van der Waals surface area contributed by atoms with Crippen molar-refractivity contribution >= 4 is 75.1 Å². The summed E-state index contributed by atoms with van der Waals surface area (Å²) >= 11 is 18.5. The first kappa shape index (κ1) is 23.0. The molecule has 6 nitrogen and oxygen atoms in total. The molecular formula is C21H17Cl2N3O3S2. The molecule has 2 aromatic carbocycles. The monoisotopic (exact) mass is 493 g/mol. The van der Waals surface area contributed by atoms with Gasteiger partial charge in [-0.3, -0.25) is 14.9 Å². The number of hydrogen-bond donors (Lipinski definition) is 3. The summed E-state index contributed by atoms with van der Waals surface area (Å²) in [7, 11) is 0. The second-order valence-electron chi connectivity index (χ2n) is 6.29. The molecule has 3 N–H and O–H groups in total. The van der Waals surface area contributed by atoms with Crippen LogP contribution in [0.1, 0.15) is 16.6 Å². The van der Waals surface area contributed by atoms with E-state index >= 15 is 0 Å². The molecule has 3 rings (SSSR count). The molecule has 0 saturated carbocycles. The Morgan fingerprint density at radius 2 is 1.77 bits per heavy atom. The molecule has 10 heteroatoms. The van der Waals surface area contributed by atoms with Crippen molar-refractivity contribution in [2.75, 3.05) is 10.6 Å². The third kappa shape index (κ3) is 6.67. The maximum Gasteiger partial charge on any atom is 0.266 e. The molecule has 0 radical (unpaired) electrons. The molecule has 160 valence electrons. The number of thiocarbonyl (C=S) groups is 1. The van der Waals surface area contributed by atoms with Crippen LogP contribution in [0.3, 0.4) is 0 Å². The Balaban J connectivity index is 1.55.